The normalized spacial score (nSPS) is 13.2. The second-order valence-electron chi connectivity index (χ2n) is 3.32. The Morgan fingerprint density at radius 1 is 1.21 bits per heavy atom. The molecule has 104 valence electrons. The van der Waals surface area contributed by atoms with Crippen molar-refractivity contribution in [2.24, 2.45) is 4.99 Å². The lowest BCUT2D eigenvalue weighted by Gasteiger charge is -2.09. The second kappa shape index (κ2) is 6.13. The molecular weight excluding hydrogens is 314 g/mol. The monoisotopic (exact) mass is 325 g/mol. The Bertz CT molecular complexity index is 538. The highest BCUT2D eigenvalue weighted by Crippen LogP contribution is 2.60. The number of nitrogens with zero attached hydrogens (tertiary/aromatic N) is 1. The topological polar surface area (TPSA) is 143 Å². The third-order valence-electron chi connectivity index (χ3n) is 1.76. The Morgan fingerprint density at radius 2 is 1.74 bits per heavy atom. The highest BCUT2D eigenvalue weighted by atomic mass is 32.1. The SMILES string of the molecule is O=P(O)(O)C(=NC(=S)Nc1ccccc1)[P+](O)(O)O. The molecule has 1 aromatic carbocycles. The first-order valence-electron chi connectivity index (χ1n) is 4.69. The summed E-state index contributed by atoms with van der Waals surface area (Å²) in [5.41, 5.74) is 0.485. The van der Waals surface area contributed by atoms with E-state index in [-0.39, 0.29) is 0 Å². The summed E-state index contributed by atoms with van der Waals surface area (Å²) < 4.78 is 11.0. The molecule has 0 radical (unpaired) electrons. The zero-order chi connectivity index (χ0) is 14.7. The van der Waals surface area contributed by atoms with E-state index in [9.17, 15) is 4.57 Å². The van der Waals surface area contributed by atoms with Gasteiger partial charge in [-0.3, -0.25) is 0 Å². The average Bonchev–Trinajstić information content (AvgIpc) is 2.24. The molecule has 0 amide bonds. The molecule has 0 heterocycles. The van der Waals surface area contributed by atoms with Crippen molar-refractivity contribution < 1.29 is 29.0 Å². The summed E-state index contributed by atoms with van der Waals surface area (Å²) in [4.78, 5) is 47.7. The lowest BCUT2D eigenvalue weighted by atomic mass is 10.3. The Hall–Kier alpha value is -0.760. The summed E-state index contributed by atoms with van der Waals surface area (Å²) in [6.07, 6.45) is 0. The molecule has 6 N–H and O–H groups in total. The average molecular weight is 325 g/mol. The number of nitrogens with one attached hydrogen (secondary N) is 1. The number of aliphatic imine (C=N–C) groups is 1. The smallest absolute Gasteiger partial charge is 0.331 e. The van der Waals surface area contributed by atoms with E-state index >= 15 is 0 Å². The van der Waals surface area contributed by atoms with Crippen LogP contribution in [0.15, 0.2) is 35.3 Å². The van der Waals surface area contributed by atoms with Crippen LogP contribution in [-0.2, 0) is 4.57 Å². The molecule has 0 bridgehead atoms. The molecule has 0 saturated carbocycles. The maximum absolute atomic E-state index is 11.0. The Kier molecular flexibility index (Phi) is 5.26. The van der Waals surface area contributed by atoms with Gasteiger partial charge in [-0.15, -0.1) is 0 Å². The molecule has 0 aliphatic carbocycles. The quantitative estimate of drug-likeness (QED) is 0.270. The van der Waals surface area contributed by atoms with Crippen LogP contribution in [-0.4, -0.2) is 34.8 Å². The fourth-order valence-electron chi connectivity index (χ4n) is 1.07. The first-order chi connectivity index (χ1) is 8.60. The van der Waals surface area contributed by atoms with Gasteiger partial charge in [0, 0.05) is 5.69 Å². The summed E-state index contributed by atoms with van der Waals surface area (Å²) in [7, 11) is -10.1. The number of thiocarbonyl (C=S) groups is 1. The van der Waals surface area contributed by atoms with Crippen LogP contribution < -0.4 is 5.32 Å². The number of anilines is 1. The van der Waals surface area contributed by atoms with Crippen molar-refractivity contribution in [1.82, 2.24) is 0 Å². The molecule has 11 heteroatoms. The van der Waals surface area contributed by atoms with Gasteiger partial charge in [0.15, 0.2) is 0 Å². The Balaban J connectivity index is 2.98. The Labute approximate surface area is 114 Å². The van der Waals surface area contributed by atoms with Gasteiger partial charge in [-0.25, -0.2) is 4.57 Å². The molecular formula is C8H11N2O6P2S+. The Morgan fingerprint density at radius 3 is 2.16 bits per heavy atom. The minimum absolute atomic E-state index is 0.425. The summed E-state index contributed by atoms with van der Waals surface area (Å²) in [6.45, 7) is 0. The zero-order valence-corrected chi connectivity index (χ0v) is 11.9. The fraction of sp³-hybridized carbons (Fsp3) is 0. The summed E-state index contributed by atoms with van der Waals surface area (Å²) in [6, 6.07) is 8.32. The zero-order valence-electron chi connectivity index (χ0n) is 9.28. The van der Waals surface area contributed by atoms with E-state index < -0.39 is 25.8 Å². The highest BCUT2D eigenvalue weighted by Gasteiger charge is 2.52. The van der Waals surface area contributed by atoms with E-state index in [2.05, 4.69) is 10.3 Å². The predicted octanol–water partition coefficient (Wildman–Crippen LogP) is 0.657. The molecule has 8 nitrogen and oxygen atoms in total. The second-order valence-corrected chi connectivity index (χ2v) is 7.13. The number of hydrogen-bond donors (Lipinski definition) is 6. The van der Waals surface area contributed by atoms with Crippen molar-refractivity contribution >= 4 is 43.8 Å². The molecule has 0 fully saturated rings. The third kappa shape index (κ3) is 5.40. The van der Waals surface area contributed by atoms with Crippen molar-refractivity contribution in [2.45, 2.75) is 0 Å². The summed E-state index contributed by atoms with van der Waals surface area (Å²) >= 11 is 4.69. The van der Waals surface area contributed by atoms with Gasteiger partial charge in [0.25, 0.3) is 0 Å². The van der Waals surface area contributed by atoms with Gasteiger partial charge in [-0.2, -0.15) is 19.7 Å². The molecule has 0 saturated heterocycles. The first kappa shape index (κ1) is 16.3. The number of rotatable bonds is 3. The largest absolute Gasteiger partial charge is 0.469 e. The molecule has 1 aromatic rings. The van der Waals surface area contributed by atoms with E-state index in [0.717, 1.165) is 0 Å². The van der Waals surface area contributed by atoms with Crippen LogP contribution in [0.25, 0.3) is 0 Å². The van der Waals surface area contributed by atoms with Crippen LogP contribution in [0, 0.1) is 0 Å². The minimum Gasteiger partial charge on any atom is -0.331 e. The van der Waals surface area contributed by atoms with E-state index in [1.165, 1.54) is 0 Å². The summed E-state index contributed by atoms with van der Waals surface area (Å²) in [5.74, 6) is 0. The van der Waals surface area contributed by atoms with E-state index in [0.29, 0.717) is 5.69 Å². The molecule has 0 aliphatic rings. The third-order valence-corrected chi connectivity index (χ3v) is 4.79. The lowest BCUT2D eigenvalue weighted by Crippen LogP contribution is -2.13. The molecule has 1 rings (SSSR count). The van der Waals surface area contributed by atoms with Gasteiger partial charge in [-0.05, 0) is 24.4 Å². The molecule has 0 unspecified atom stereocenters. The number of benzene rings is 1. The fourth-order valence-corrected chi connectivity index (χ4v) is 3.28. The minimum atomic E-state index is -5.13. The van der Waals surface area contributed by atoms with Crippen molar-refractivity contribution in [2.75, 3.05) is 5.32 Å². The molecule has 0 atom stereocenters. The van der Waals surface area contributed by atoms with Crippen LogP contribution in [0.1, 0.15) is 0 Å². The van der Waals surface area contributed by atoms with Gasteiger partial charge < -0.3 is 15.1 Å². The van der Waals surface area contributed by atoms with Crippen molar-refractivity contribution in [3.05, 3.63) is 30.3 Å². The van der Waals surface area contributed by atoms with E-state index in [4.69, 9.17) is 36.7 Å². The van der Waals surface area contributed by atoms with Crippen molar-refractivity contribution in [3.63, 3.8) is 0 Å². The van der Waals surface area contributed by atoms with E-state index in [1.54, 1.807) is 30.3 Å². The first-order valence-corrected chi connectivity index (χ1v) is 8.36. The van der Waals surface area contributed by atoms with Crippen LogP contribution in [0.3, 0.4) is 0 Å². The van der Waals surface area contributed by atoms with Crippen LogP contribution in [0.4, 0.5) is 5.69 Å². The van der Waals surface area contributed by atoms with Gasteiger partial charge >= 0.3 is 20.7 Å². The highest BCUT2D eigenvalue weighted by molar-refractivity contribution is 8.00. The standard InChI is InChI=1S/C8H10N2O6P2S/c11-17(12,13)8(18(14,15)16)10-7(19)9-6-4-2-1-3-5-6/h1-5,11-13H,(H2-,9,14,15,16,19)/p+1. The molecule has 19 heavy (non-hydrogen) atoms. The maximum atomic E-state index is 11.0. The lowest BCUT2D eigenvalue weighted by molar-refractivity contribution is 0.349. The van der Waals surface area contributed by atoms with Crippen molar-refractivity contribution in [3.8, 4) is 0 Å². The van der Waals surface area contributed by atoms with Gasteiger partial charge in [0.05, 0.1) is 0 Å². The van der Waals surface area contributed by atoms with Crippen LogP contribution >= 0.6 is 27.8 Å². The van der Waals surface area contributed by atoms with Crippen LogP contribution in [0.2, 0.25) is 0 Å². The molecule has 0 aliphatic heterocycles. The number of hydrogen-bond acceptors (Lipinski definition) is 5. The molecule has 0 aromatic heterocycles. The van der Waals surface area contributed by atoms with Gasteiger partial charge in [0.1, 0.15) is 0 Å². The number of para-hydroxylation sites is 1. The molecule has 0 spiro atoms. The van der Waals surface area contributed by atoms with Gasteiger partial charge in [0.2, 0.25) is 5.11 Å². The predicted molar refractivity (Wildman–Crippen MR) is 75.7 cm³/mol. The van der Waals surface area contributed by atoms with Crippen molar-refractivity contribution in [1.29, 1.82) is 0 Å². The van der Waals surface area contributed by atoms with Gasteiger partial charge in [-0.1, -0.05) is 18.2 Å². The van der Waals surface area contributed by atoms with Crippen LogP contribution in [0.5, 0.6) is 0 Å². The van der Waals surface area contributed by atoms with E-state index in [1.807, 2.05) is 0 Å². The maximum Gasteiger partial charge on any atom is 0.469 e. The summed E-state index contributed by atoms with van der Waals surface area (Å²) in [5, 5.41) is 0.626.